The molecule has 0 aliphatic carbocycles. The van der Waals surface area contributed by atoms with Gasteiger partial charge in [-0.15, -0.1) is 10.2 Å². The first-order valence-corrected chi connectivity index (χ1v) is 8.47. The van der Waals surface area contributed by atoms with Crippen molar-refractivity contribution >= 4 is 22.9 Å². The first-order chi connectivity index (χ1) is 14.2. The van der Waals surface area contributed by atoms with E-state index in [4.69, 9.17) is 16.4 Å². The number of aromatic nitrogens is 5. The Balaban J connectivity index is 1.70. The van der Waals surface area contributed by atoms with Crippen molar-refractivity contribution < 1.29 is 0 Å². The molecule has 3 heterocycles. The molecule has 10 nitrogen and oxygen atoms in total. The van der Waals surface area contributed by atoms with Gasteiger partial charge in [-0.2, -0.15) is 20.0 Å². The third kappa shape index (κ3) is 3.60. The monoisotopic (exact) mass is 382 g/mol. The molecule has 0 unspecified atom stereocenters. The first-order valence-electron chi connectivity index (χ1n) is 8.47. The normalized spacial score (nSPS) is 11.2. The van der Waals surface area contributed by atoms with Crippen LogP contribution in [0.5, 0.6) is 0 Å². The molecule has 10 heteroatoms. The fraction of sp³-hybridized carbons (Fsp3) is 0. The summed E-state index contributed by atoms with van der Waals surface area (Å²) in [6.07, 6.45) is 3.37. The third-order valence-electron chi connectivity index (χ3n) is 4.02. The Morgan fingerprint density at radius 3 is 2.69 bits per heavy atom. The maximum atomic E-state index is 8.94. The quantitative estimate of drug-likeness (QED) is 0.271. The van der Waals surface area contributed by atoms with E-state index in [-0.39, 0.29) is 5.71 Å². The Morgan fingerprint density at radius 2 is 1.93 bits per heavy atom. The minimum absolute atomic E-state index is 0.193. The van der Waals surface area contributed by atoms with Crippen molar-refractivity contribution in [3.8, 4) is 28.7 Å². The summed E-state index contributed by atoms with van der Waals surface area (Å²) in [5.41, 5.74) is 11.5. The molecule has 4 N–H and O–H groups in total. The molecule has 4 aromatic rings. The van der Waals surface area contributed by atoms with E-state index in [9.17, 15) is 0 Å². The number of nitrogens with one attached hydrogen (secondary N) is 2. The van der Waals surface area contributed by atoms with Crippen molar-refractivity contribution in [3.05, 3.63) is 60.9 Å². The molecular weight excluding hydrogens is 368 g/mol. The Labute approximate surface area is 164 Å². The molecule has 0 spiro atoms. The van der Waals surface area contributed by atoms with E-state index in [1.807, 2.05) is 42.5 Å². The van der Waals surface area contributed by atoms with E-state index in [2.05, 4.69) is 30.8 Å². The fourth-order valence-corrected chi connectivity index (χ4v) is 2.64. The van der Waals surface area contributed by atoms with Crippen molar-refractivity contribution in [2.75, 3.05) is 5.43 Å². The maximum absolute atomic E-state index is 8.94. The molecule has 0 fully saturated rings. The Kier molecular flexibility index (Phi) is 4.61. The smallest absolute Gasteiger partial charge is 0.201 e. The minimum atomic E-state index is -0.403. The number of benzene rings is 1. The lowest BCUT2D eigenvalue weighted by Crippen LogP contribution is -2.21. The predicted molar refractivity (Wildman–Crippen MR) is 108 cm³/mol. The fourth-order valence-electron chi connectivity index (χ4n) is 2.64. The summed E-state index contributed by atoms with van der Waals surface area (Å²) in [5.74, 6) is 0.211. The van der Waals surface area contributed by atoms with Gasteiger partial charge in [0, 0.05) is 23.5 Å². The lowest BCUT2D eigenvalue weighted by molar-refractivity contribution is 0.941. The maximum Gasteiger partial charge on any atom is 0.201 e. The zero-order valence-electron chi connectivity index (χ0n) is 15.0. The molecule has 140 valence electrons. The zero-order valence-corrected chi connectivity index (χ0v) is 15.0. The molecule has 0 saturated heterocycles. The summed E-state index contributed by atoms with van der Waals surface area (Å²) in [7, 11) is 0. The van der Waals surface area contributed by atoms with Gasteiger partial charge in [0.1, 0.15) is 6.07 Å². The molecule has 0 amide bonds. The molecule has 0 aliphatic rings. The predicted octanol–water partition coefficient (Wildman–Crippen LogP) is 2.08. The van der Waals surface area contributed by atoms with Crippen LogP contribution in [0.2, 0.25) is 0 Å². The summed E-state index contributed by atoms with van der Waals surface area (Å²) in [5, 5.41) is 33.1. The molecule has 0 aliphatic heterocycles. The SMILES string of the molecule is N#C/C(=N\Nc1cccc(-c2ccc3nnc(-c4ccncc4)n3n2)c1)C(=N)N. The molecular formula is C19H14N10. The van der Waals surface area contributed by atoms with Gasteiger partial charge in [-0.25, -0.2) is 0 Å². The van der Waals surface area contributed by atoms with Gasteiger partial charge < -0.3 is 5.73 Å². The second-order valence-electron chi connectivity index (χ2n) is 5.93. The lowest BCUT2D eigenvalue weighted by atomic mass is 10.1. The number of fused-ring (bicyclic) bond motifs is 1. The van der Waals surface area contributed by atoms with Gasteiger partial charge in [0.25, 0.3) is 0 Å². The number of hydrogen-bond donors (Lipinski definition) is 3. The highest BCUT2D eigenvalue weighted by Crippen LogP contribution is 2.23. The lowest BCUT2D eigenvalue weighted by Gasteiger charge is -2.06. The summed E-state index contributed by atoms with van der Waals surface area (Å²) in [4.78, 5) is 4.02. The zero-order chi connectivity index (χ0) is 20.2. The molecule has 0 saturated carbocycles. The Morgan fingerprint density at radius 1 is 1.10 bits per heavy atom. The summed E-state index contributed by atoms with van der Waals surface area (Å²) >= 11 is 0. The minimum Gasteiger partial charge on any atom is -0.382 e. The van der Waals surface area contributed by atoms with Crippen LogP contribution in [0.1, 0.15) is 0 Å². The molecule has 29 heavy (non-hydrogen) atoms. The van der Waals surface area contributed by atoms with Crippen LogP contribution < -0.4 is 11.2 Å². The van der Waals surface area contributed by atoms with Crippen LogP contribution in [-0.2, 0) is 0 Å². The average Bonchev–Trinajstić information content (AvgIpc) is 3.18. The van der Waals surface area contributed by atoms with Gasteiger partial charge >= 0.3 is 0 Å². The highest BCUT2D eigenvalue weighted by molar-refractivity contribution is 6.45. The van der Waals surface area contributed by atoms with Gasteiger partial charge in [-0.3, -0.25) is 15.8 Å². The van der Waals surface area contributed by atoms with E-state index in [1.54, 1.807) is 29.0 Å². The largest absolute Gasteiger partial charge is 0.382 e. The number of hydrogen-bond acceptors (Lipinski definition) is 8. The average molecular weight is 382 g/mol. The van der Waals surface area contributed by atoms with Crippen molar-refractivity contribution in [1.29, 1.82) is 10.7 Å². The second-order valence-corrected chi connectivity index (χ2v) is 5.93. The number of rotatable bonds is 5. The van der Waals surface area contributed by atoms with E-state index < -0.39 is 5.84 Å². The summed E-state index contributed by atoms with van der Waals surface area (Å²) in [6, 6.07) is 16.5. The van der Waals surface area contributed by atoms with Gasteiger partial charge in [-0.05, 0) is 36.4 Å². The van der Waals surface area contributed by atoms with Gasteiger partial charge in [0.05, 0.1) is 11.4 Å². The molecule has 1 aromatic carbocycles. The Hall–Kier alpha value is -4.65. The topological polar surface area (TPSA) is 154 Å². The summed E-state index contributed by atoms with van der Waals surface area (Å²) in [6.45, 7) is 0. The van der Waals surface area contributed by atoms with Crippen LogP contribution in [0.3, 0.4) is 0 Å². The number of pyridine rings is 1. The van der Waals surface area contributed by atoms with Crippen LogP contribution >= 0.6 is 0 Å². The van der Waals surface area contributed by atoms with Crippen LogP contribution in [0, 0.1) is 16.7 Å². The molecule has 0 radical (unpaired) electrons. The third-order valence-corrected chi connectivity index (χ3v) is 4.02. The van der Waals surface area contributed by atoms with Crippen LogP contribution in [-0.4, -0.2) is 36.3 Å². The van der Waals surface area contributed by atoms with Gasteiger partial charge in [0.15, 0.2) is 17.3 Å². The number of nitrogens with two attached hydrogens (primary N) is 1. The highest BCUT2D eigenvalue weighted by Gasteiger charge is 2.11. The number of nitrogens with zero attached hydrogens (tertiary/aromatic N) is 7. The van der Waals surface area contributed by atoms with Gasteiger partial charge in [-0.1, -0.05) is 12.1 Å². The van der Waals surface area contributed by atoms with Crippen LogP contribution in [0.4, 0.5) is 5.69 Å². The number of nitriles is 1. The second kappa shape index (κ2) is 7.53. The van der Waals surface area contributed by atoms with Crippen molar-refractivity contribution in [3.63, 3.8) is 0 Å². The van der Waals surface area contributed by atoms with Crippen molar-refractivity contribution in [2.45, 2.75) is 0 Å². The molecule has 0 atom stereocenters. The number of amidine groups is 1. The highest BCUT2D eigenvalue weighted by atomic mass is 15.4. The van der Waals surface area contributed by atoms with Crippen molar-refractivity contribution in [1.82, 2.24) is 24.8 Å². The molecule has 4 rings (SSSR count). The number of hydrazone groups is 1. The summed E-state index contributed by atoms with van der Waals surface area (Å²) < 4.78 is 1.67. The number of anilines is 1. The van der Waals surface area contributed by atoms with Crippen molar-refractivity contribution in [2.24, 2.45) is 10.8 Å². The van der Waals surface area contributed by atoms with Gasteiger partial charge in [0.2, 0.25) is 5.71 Å². The Bertz CT molecular complexity index is 1270. The molecule has 0 bridgehead atoms. The molecule has 3 aromatic heterocycles. The van der Waals surface area contributed by atoms with E-state index in [0.29, 0.717) is 22.9 Å². The van der Waals surface area contributed by atoms with Crippen LogP contribution in [0.15, 0.2) is 66.0 Å². The van der Waals surface area contributed by atoms with E-state index in [1.165, 1.54) is 0 Å². The van der Waals surface area contributed by atoms with Crippen LogP contribution in [0.25, 0.3) is 28.3 Å². The first kappa shape index (κ1) is 17.7. The van der Waals surface area contributed by atoms with E-state index >= 15 is 0 Å². The van der Waals surface area contributed by atoms with E-state index in [0.717, 1.165) is 11.1 Å². The standard InChI is InChI=1S/C19H14N10/c20-11-16(18(21)22)25-24-14-3-1-2-13(10-14)15-4-5-17-26-27-19(29(17)28-15)12-6-8-23-9-7-12/h1-10,24H,(H3,21,22)/b25-16+.